The molecule has 0 spiro atoms. The lowest BCUT2D eigenvalue weighted by Gasteiger charge is -2.20. The summed E-state index contributed by atoms with van der Waals surface area (Å²) in [6, 6.07) is 26.7. The molecule has 0 unspecified atom stereocenters. The van der Waals surface area contributed by atoms with Gasteiger partial charge in [0.05, 0.1) is 0 Å². The number of amides is 2. The third kappa shape index (κ3) is 5.51. The molecule has 0 aromatic heterocycles. The second-order valence-corrected chi connectivity index (χ2v) is 7.95. The van der Waals surface area contributed by atoms with Crippen LogP contribution in [0, 0.1) is 0 Å². The first-order valence-electron chi connectivity index (χ1n) is 10.1. The molecule has 0 aliphatic heterocycles. The Balaban J connectivity index is 1.82. The van der Waals surface area contributed by atoms with E-state index in [0.29, 0.717) is 24.3 Å². The SMILES string of the molecule is CCN(CC)C(=O)c1cccc(NC(=O)[C@H](Sc2ccccc2)c2ccccc2)c1. The largest absolute Gasteiger partial charge is 0.339 e. The Hall–Kier alpha value is -3.05. The molecule has 0 fully saturated rings. The Morgan fingerprint density at radius 3 is 2.13 bits per heavy atom. The van der Waals surface area contributed by atoms with Gasteiger partial charge in [0.1, 0.15) is 5.25 Å². The molecule has 0 aliphatic carbocycles. The van der Waals surface area contributed by atoms with Gasteiger partial charge >= 0.3 is 0 Å². The highest BCUT2D eigenvalue weighted by Crippen LogP contribution is 2.36. The molecule has 30 heavy (non-hydrogen) atoms. The van der Waals surface area contributed by atoms with Gasteiger partial charge in [-0.05, 0) is 49.7 Å². The average Bonchev–Trinajstić information content (AvgIpc) is 2.79. The summed E-state index contributed by atoms with van der Waals surface area (Å²) < 4.78 is 0. The number of nitrogens with zero attached hydrogens (tertiary/aromatic N) is 1. The maximum Gasteiger partial charge on any atom is 0.253 e. The molecular formula is C25H26N2O2S. The number of benzene rings is 3. The van der Waals surface area contributed by atoms with Gasteiger partial charge < -0.3 is 10.2 Å². The molecule has 0 heterocycles. The minimum absolute atomic E-state index is 0.0330. The van der Waals surface area contributed by atoms with E-state index >= 15 is 0 Å². The first-order valence-corrected chi connectivity index (χ1v) is 11.0. The summed E-state index contributed by atoms with van der Waals surface area (Å²) in [7, 11) is 0. The fourth-order valence-electron chi connectivity index (χ4n) is 3.17. The van der Waals surface area contributed by atoms with E-state index in [-0.39, 0.29) is 11.8 Å². The number of anilines is 1. The first-order chi connectivity index (χ1) is 14.6. The van der Waals surface area contributed by atoms with Crippen LogP contribution < -0.4 is 5.32 Å². The molecule has 5 heteroatoms. The highest BCUT2D eigenvalue weighted by Gasteiger charge is 2.22. The van der Waals surface area contributed by atoms with Crippen molar-refractivity contribution < 1.29 is 9.59 Å². The molecule has 4 nitrogen and oxygen atoms in total. The molecule has 2 amide bonds. The van der Waals surface area contributed by atoms with E-state index in [4.69, 9.17) is 0 Å². The highest BCUT2D eigenvalue weighted by molar-refractivity contribution is 8.00. The van der Waals surface area contributed by atoms with Crippen molar-refractivity contribution in [3.8, 4) is 0 Å². The predicted octanol–water partition coefficient (Wildman–Crippen LogP) is 5.64. The minimum Gasteiger partial charge on any atom is -0.339 e. The molecule has 0 saturated heterocycles. The van der Waals surface area contributed by atoms with E-state index in [1.165, 1.54) is 11.8 Å². The number of nitrogens with one attached hydrogen (secondary N) is 1. The van der Waals surface area contributed by atoms with Gasteiger partial charge in [-0.3, -0.25) is 9.59 Å². The Labute approximate surface area is 182 Å². The van der Waals surface area contributed by atoms with Crippen LogP contribution in [-0.2, 0) is 4.79 Å². The molecule has 3 rings (SSSR count). The quantitative estimate of drug-likeness (QED) is 0.482. The fourth-order valence-corrected chi connectivity index (χ4v) is 4.21. The molecule has 154 valence electrons. The Kier molecular flexibility index (Phi) is 7.69. The van der Waals surface area contributed by atoms with Crippen LogP contribution in [0.5, 0.6) is 0 Å². The lowest BCUT2D eigenvalue weighted by Crippen LogP contribution is -2.30. The van der Waals surface area contributed by atoms with E-state index in [0.717, 1.165) is 10.5 Å². The van der Waals surface area contributed by atoms with Crippen molar-refractivity contribution in [2.75, 3.05) is 18.4 Å². The lowest BCUT2D eigenvalue weighted by molar-refractivity contribution is -0.115. The number of carbonyl (C=O) groups excluding carboxylic acids is 2. The Morgan fingerprint density at radius 2 is 1.50 bits per heavy atom. The van der Waals surface area contributed by atoms with Crippen LogP contribution in [0.1, 0.15) is 35.0 Å². The van der Waals surface area contributed by atoms with Crippen LogP contribution >= 0.6 is 11.8 Å². The summed E-state index contributed by atoms with van der Waals surface area (Å²) in [5, 5.41) is 2.59. The summed E-state index contributed by atoms with van der Waals surface area (Å²) in [4.78, 5) is 28.7. The van der Waals surface area contributed by atoms with Crippen molar-refractivity contribution >= 4 is 29.3 Å². The summed E-state index contributed by atoms with van der Waals surface area (Å²) in [5.74, 6) is -0.156. The second-order valence-electron chi connectivity index (χ2n) is 6.77. The number of carbonyl (C=O) groups is 2. The van der Waals surface area contributed by atoms with Crippen LogP contribution in [0.25, 0.3) is 0 Å². The van der Waals surface area contributed by atoms with Gasteiger partial charge in [-0.2, -0.15) is 0 Å². The smallest absolute Gasteiger partial charge is 0.253 e. The molecular weight excluding hydrogens is 392 g/mol. The van der Waals surface area contributed by atoms with E-state index in [1.807, 2.05) is 80.6 Å². The molecule has 0 radical (unpaired) electrons. The first kappa shape index (κ1) is 21.7. The maximum atomic E-state index is 13.2. The highest BCUT2D eigenvalue weighted by atomic mass is 32.2. The maximum absolute atomic E-state index is 13.2. The second kappa shape index (κ2) is 10.6. The van der Waals surface area contributed by atoms with Crippen molar-refractivity contribution in [3.63, 3.8) is 0 Å². The fraction of sp³-hybridized carbons (Fsp3) is 0.200. The van der Waals surface area contributed by atoms with Gasteiger partial charge in [0, 0.05) is 29.2 Å². The zero-order chi connectivity index (χ0) is 21.3. The summed E-state index contributed by atoms with van der Waals surface area (Å²) in [6.07, 6.45) is 0. The number of hydrogen-bond donors (Lipinski definition) is 1. The van der Waals surface area contributed by atoms with E-state index in [9.17, 15) is 9.59 Å². The number of hydrogen-bond acceptors (Lipinski definition) is 3. The minimum atomic E-state index is -0.407. The van der Waals surface area contributed by atoms with Crippen LogP contribution in [0.15, 0.2) is 89.8 Å². The molecule has 0 aliphatic rings. The number of rotatable bonds is 8. The monoisotopic (exact) mass is 418 g/mol. The number of thioether (sulfide) groups is 1. The van der Waals surface area contributed by atoms with Gasteiger partial charge in [-0.25, -0.2) is 0 Å². The molecule has 0 saturated carbocycles. The summed E-state index contributed by atoms with van der Waals surface area (Å²) in [6.45, 7) is 5.21. The van der Waals surface area contributed by atoms with Crippen LogP contribution in [-0.4, -0.2) is 29.8 Å². The van der Waals surface area contributed by atoms with Gasteiger partial charge in [0.15, 0.2) is 0 Å². The predicted molar refractivity (Wildman–Crippen MR) is 124 cm³/mol. The van der Waals surface area contributed by atoms with Crippen molar-refractivity contribution in [2.24, 2.45) is 0 Å². The third-order valence-electron chi connectivity index (χ3n) is 4.77. The zero-order valence-corrected chi connectivity index (χ0v) is 18.1. The molecule has 0 bridgehead atoms. The van der Waals surface area contributed by atoms with E-state index < -0.39 is 5.25 Å². The van der Waals surface area contributed by atoms with E-state index in [2.05, 4.69) is 5.32 Å². The zero-order valence-electron chi connectivity index (χ0n) is 17.2. The van der Waals surface area contributed by atoms with Crippen LogP contribution in [0.2, 0.25) is 0 Å². The van der Waals surface area contributed by atoms with Crippen molar-refractivity contribution in [2.45, 2.75) is 24.0 Å². The van der Waals surface area contributed by atoms with Crippen LogP contribution in [0.4, 0.5) is 5.69 Å². The molecule has 1 N–H and O–H groups in total. The van der Waals surface area contributed by atoms with Crippen molar-refractivity contribution in [3.05, 3.63) is 96.1 Å². The topological polar surface area (TPSA) is 49.4 Å². The average molecular weight is 419 g/mol. The van der Waals surface area contributed by atoms with Crippen molar-refractivity contribution in [1.29, 1.82) is 0 Å². The lowest BCUT2D eigenvalue weighted by atomic mass is 10.1. The van der Waals surface area contributed by atoms with Gasteiger partial charge in [0.2, 0.25) is 5.91 Å². The van der Waals surface area contributed by atoms with E-state index in [1.54, 1.807) is 23.1 Å². The van der Waals surface area contributed by atoms with Gasteiger partial charge in [-0.15, -0.1) is 11.8 Å². The summed E-state index contributed by atoms with van der Waals surface area (Å²) >= 11 is 1.50. The molecule has 3 aromatic carbocycles. The van der Waals surface area contributed by atoms with Gasteiger partial charge in [-0.1, -0.05) is 54.6 Å². The van der Waals surface area contributed by atoms with Gasteiger partial charge in [0.25, 0.3) is 5.91 Å². The van der Waals surface area contributed by atoms with Crippen LogP contribution in [0.3, 0.4) is 0 Å². The normalized spacial score (nSPS) is 11.5. The Morgan fingerprint density at radius 1 is 0.867 bits per heavy atom. The molecule has 3 aromatic rings. The third-order valence-corrected chi connectivity index (χ3v) is 6.03. The van der Waals surface area contributed by atoms with Crippen molar-refractivity contribution in [1.82, 2.24) is 4.90 Å². The summed E-state index contributed by atoms with van der Waals surface area (Å²) in [5.41, 5.74) is 2.12. The standard InChI is InChI=1S/C25H26N2O2S/c1-3-27(4-2)25(29)20-14-11-15-21(18-20)26-24(28)23(19-12-7-5-8-13-19)30-22-16-9-6-10-17-22/h5-18,23H,3-4H2,1-2H3,(H,26,28)/t23-/m1/s1. The molecule has 1 atom stereocenters. The Bertz CT molecular complexity index is 973.